The topological polar surface area (TPSA) is 41.6 Å². The summed E-state index contributed by atoms with van der Waals surface area (Å²) in [6.07, 6.45) is 11.3. The van der Waals surface area contributed by atoms with Gasteiger partial charge in [-0.1, -0.05) is 18.8 Å². The Balaban J connectivity index is 1.90. The maximum Gasteiger partial charge on any atom is 0.312 e. The average molecular weight is 292 g/mol. The van der Waals surface area contributed by atoms with Crippen molar-refractivity contribution < 1.29 is 9.53 Å². The smallest absolute Gasteiger partial charge is 0.312 e. The SMILES string of the molecule is C#CCN(C1CCCC1)[C@H]1CNC(OC(=O)C(C)(C)C)C1. The Morgan fingerprint density at radius 1 is 1.33 bits per heavy atom. The second kappa shape index (κ2) is 6.81. The molecule has 1 aliphatic heterocycles. The normalized spacial score (nSPS) is 27.0. The van der Waals surface area contributed by atoms with Gasteiger partial charge in [0.05, 0.1) is 12.0 Å². The Morgan fingerprint density at radius 3 is 2.57 bits per heavy atom. The number of rotatable bonds is 4. The summed E-state index contributed by atoms with van der Waals surface area (Å²) in [6.45, 7) is 7.18. The Bertz CT molecular complexity index is 402. The summed E-state index contributed by atoms with van der Waals surface area (Å²) in [6, 6.07) is 0.979. The lowest BCUT2D eigenvalue weighted by Gasteiger charge is -2.32. The minimum Gasteiger partial charge on any atom is -0.446 e. The zero-order valence-corrected chi connectivity index (χ0v) is 13.5. The first kappa shape index (κ1) is 16.3. The van der Waals surface area contributed by atoms with E-state index in [2.05, 4.69) is 16.1 Å². The van der Waals surface area contributed by atoms with E-state index in [9.17, 15) is 4.79 Å². The van der Waals surface area contributed by atoms with Gasteiger partial charge in [-0.25, -0.2) is 0 Å². The molecule has 4 nitrogen and oxygen atoms in total. The van der Waals surface area contributed by atoms with E-state index in [4.69, 9.17) is 11.2 Å². The zero-order valence-electron chi connectivity index (χ0n) is 13.5. The van der Waals surface area contributed by atoms with Crippen molar-refractivity contribution in [2.75, 3.05) is 13.1 Å². The molecular formula is C17H28N2O2. The van der Waals surface area contributed by atoms with Gasteiger partial charge in [-0.3, -0.25) is 15.0 Å². The molecule has 2 rings (SSSR count). The van der Waals surface area contributed by atoms with E-state index in [1.54, 1.807) is 0 Å². The van der Waals surface area contributed by atoms with Gasteiger partial charge in [0.15, 0.2) is 6.23 Å². The van der Waals surface area contributed by atoms with Crippen LogP contribution in [0, 0.1) is 17.8 Å². The summed E-state index contributed by atoms with van der Waals surface area (Å²) in [5.41, 5.74) is -0.455. The summed E-state index contributed by atoms with van der Waals surface area (Å²) in [5.74, 6) is 2.64. The Morgan fingerprint density at radius 2 is 2.00 bits per heavy atom. The fourth-order valence-electron chi connectivity index (χ4n) is 3.23. The third-order valence-electron chi connectivity index (χ3n) is 4.47. The fraction of sp³-hybridized carbons (Fsp3) is 0.824. The molecule has 1 unspecified atom stereocenters. The highest BCUT2D eigenvalue weighted by Crippen LogP contribution is 2.28. The Hall–Kier alpha value is -1.05. The monoisotopic (exact) mass is 292 g/mol. The van der Waals surface area contributed by atoms with E-state index in [0.717, 1.165) is 13.0 Å². The molecule has 0 aromatic rings. The molecule has 1 aliphatic carbocycles. The number of carbonyl (C=O) groups excluding carboxylic acids is 1. The van der Waals surface area contributed by atoms with Crippen LogP contribution in [0.2, 0.25) is 0 Å². The van der Waals surface area contributed by atoms with E-state index in [-0.39, 0.29) is 12.2 Å². The number of hydrogen-bond donors (Lipinski definition) is 1. The van der Waals surface area contributed by atoms with Crippen LogP contribution in [0.5, 0.6) is 0 Å². The summed E-state index contributed by atoms with van der Waals surface area (Å²) in [5, 5.41) is 3.32. The Kier molecular flexibility index (Phi) is 5.29. The number of nitrogens with zero attached hydrogens (tertiary/aromatic N) is 1. The van der Waals surface area contributed by atoms with Gasteiger partial charge >= 0.3 is 5.97 Å². The van der Waals surface area contributed by atoms with Crippen LogP contribution in [0.1, 0.15) is 52.9 Å². The van der Waals surface area contributed by atoms with E-state index >= 15 is 0 Å². The van der Waals surface area contributed by atoms with Crippen molar-refractivity contribution in [3.63, 3.8) is 0 Å². The number of nitrogens with one attached hydrogen (secondary N) is 1. The molecule has 1 N–H and O–H groups in total. The van der Waals surface area contributed by atoms with Crippen molar-refractivity contribution in [3.05, 3.63) is 0 Å². The summed E-state index contributed by atoms with van der Waals surface area (Å²) < 4.78 is 5.57. The lowest BCUT2D eigenvalue weighted by atomic mass is 9.97. The molecule has 1 saturated carbocycles. The largest absolute Gasteiger partial charge is 0.446 e. The molecule has 2 atom stereocenters. The summed E-state index contributed by atoms with van der Waals surface area (Å²) in [4.78, 5) is 14.4. The molecule has 0 radical (unpaired) electrons. The molecular weight excluding hydrogens is 264 g/mol. The van der Waals surface area contributed by atoms with Crippen LogP contribution in [0.3, 0.4) is 0 Å². The van der Waals surface area contributed by atoms with Crippen LogP contribution < -0.4 is 5.32 Å². The molecule has 118 valence electrons. The molecule has 0 aromatic carbocycles. The van der Waals surface area contributed by atoms with Gasteiger partial charge in [0.25, 0.3) is 0 Å². The van der Waals surface area contributed by atoms with Crippen molar-refractivity contribution in [3.8, 4) is 12.3 Å². The molecule has 4 heteroatoms. The molecule has 0 spiro atoms. The minimum absolute atomic E-state index is 0.148. The first-order valence-corrected chi connectivity index (χ1v) is 8.05. The van der Waals surface area contributed by atoms with Crippen molar-refractivity contribution in [2.24, 2.45) is 5.41 Å². The lowest BCUT2D eigenvalue weighted by molar-refractivity contribution is -0.159. The van der Waals surface area contributed by atoms with E-state index in [1.807, 2.05) is 20.8 Å². The molecule has 1 saturated heterocycles. The average Bonchev–Trinajstić information content (AvgIpc) is 3.06. The summed E-state index contributed by atoms with van der Waals surface area (Å²) >= 11 is 0. The number of carbonyl (C=O) groups is 1. The predicted octanol–water partition coefficient (Wildman–Crippen LogP) is 2.14. The molecule has 1 heterocycles. The van der Waals surface area contributed by atoms with Gasteiger partial charge in [0.2, 0.25) is 0 Å². The second-order valence-electron chi connectivity index (χ2n) is 7.26. The third-order valence-corrected chi connectivity index (χ3v) is 4.47. The van der Waals surface area contributed by atoms with Crippen molar-refractivity contribution in [2.45, 2.75) is 71.2 Å². The minimum atomic E-state index is -0.455. The maximum absolute atomic E-state index is 12.0. The van der Waals surface area contributed by atoms with Crippen molar-refractivity contribution in [1.82, 2.24) is 10.2 Å². The second-order valence-corrected chi connectivity index (χ2v) is 7.26. The zero-order chi connectivity index (χ0) is 15.5. The molecule has 2 aliphatic rings. The van der Waals surface area contributed by atoms with Crippen LogP contribution in [0.25, 0.3) is 0 Å². The summed E-state index contributed by atoms with van der Waals surface area (Å²) in [7, 11) is 0. The van der Waals surface area contributed by atoms with Gasteiger partial charge in [-0.05, 0) is 33.6 Å². The quantitative estimate of drug-likeness (QED) is 0.637. The fourth-order valence-corrected chi connectivity index (χ4v) is 3.23. The van der Waals surface area contributed by atoms with E-state index in [0.29, 0.717) is 18.6 Å². The number of terminal acetylenes is 1. The van der Waals surface area contributed by atoms with Crippen molar-refractivity contribution in [1.29, 1.82) is 0 Å². The van der Waals surface area contributed by atoms with Gasteiger partial charge in [0, 0.05) is 25.0 Å². The number of ether oxygens (including phenoxy) is 1. The van der Waals surface area contributed by atoms with Crippen LogP contribution in [0.15, 0.2) is 0 Å². The van der Waals surface area contributed by atoms with Crippen LogP contribution in [-0.2, 0) is 9.53 Å². The van der Waals surface area contributed by atoms with Gasteiger partial charge in [-0.2, -0.15) is 0 Å². The first-order chi connectivity index (χ1) is 9.91. The van der Waals surface area contributed by atoms with Crippen LogP contribution in [-0.4, -0.2) is 42.3 Å². The van der Waals surface area contributed by atoms with Crippen LogP contribution >= 0.6 is 0 Å². The third kappa shape index (κ3) is 4.21. The number of esters is 1. The molecule has 0 aromatic heterocycles. The highest BCUT2D eigenvalue weighted by atomic mass is 16.6. The molecule has 0 amide bonds. The first-order valence-electron chi connectivity index (χ1n) is 8.05. The maximum atomic E-state index is 12.0. The predicted molar refractivity (Wildman–Crippen MR) is 83.5 cm³/mol. The van der Waals surface area contributed by atoms with Crippen LogP contribution in [0.4, 0.5) is 0 Å². The van der Waals surface area contributed by atoms with Crippen molar-refractivity contribution >= 4 is 5.97 Å². The number of hydrogen-bond acceptors (Lipinski definition) is 4. The van der Waals surface area contributed by atoms with Gasteiger partial charge in [-0.15, -0.1) is 6.42 Å². The standard InChI is InChI=1S/C17H28N2O2/c1-5-10-19(13-8-6-7-9-13)14-11-15(18-12-14)21-16(20)17(2,3)4/h1,13-15,18H,6-12H2,2-4H3/t14-,15?/m1/s1. The lowest BCUT2D eigenvalue weighted by Crippen LogP contribution is -2.43. The highest BCUT2D eigenvalue weighted by molar-refractivity contribution is 5.75. The van der Waals surface area contributed by atoms with E-state index < -0.39 is 5.41 Å². The highest BCUT2D eigenvalue weighted by Gasteiger charge is 2.36. The molecule has 0 bridgehead atoms. The van der Waals surface area contributed by atoms with E-state index in [1.165, 1.54) is 25.7 Å². The molecule has 21 heavy (non-hydrogen) atoms. The molecule has 2 fully saturated rings. The Labute approximate surface area is 128 Å². The van der Waals surface area contributed by atoms with Gasteiger partial charge in [0.1, 0.15) is 0 Å². The van der Waals surface area contributed by atoms with Gasteiger partial charge < -0.3 is 4.74 Å².